The van der Waals surface area contributed by atoms with Gasteiger partial charge in [0.2, 0.25) is 0 Å². The number of hydrogen-bond donors (Lipinski definition) is 3. The number of nitrogens with one attached hydrogen (secondary N) is 2. The van der Waals surface area contributed by atoms with Crippen LogP contribution in [0.5, 0.6) is 0 Å². The van der Waals surface area contributed by atoms with Crippen molar-refractivity contribution < 1.29 is 62.2 Å². The fourth-order valence-electron chi connectivity index (χ4n) is 9.36. The first-order chi connectivity index (χ1) is 34.0. The Morgan fingerprint density at radius 1 is 0.653 bits per heavy atom. The van der Waals surface area contributed by atoms with Crippen LogP contribution in [-0.4, -0.2) is 101 Å². The molecule has 2 aromatic carbocycles. The molecule has 0 heterocycles. The molecule has 16 heteroatoms. The van der Waals surface area contributed by atoms with E-state index in [2.05, 4.69) is 36.9 Å². The maximum Gasteiger partial charge on any atom is 0.497 e. The second-order valence-corrected chi connectivity index (χ2v) is 18.9. The van der Waals surface area contributed by atoms with Gasteiger partial charge >= 0.3 is 35.9 Å². The summed E-state index contributed by atoms with van der Waals surface area (Å²) in [5.41, 5.74) is 5.02. The zero-order valence-electron chi connectivity index (χ0n) is 42.4. The number of aryl methyl sites for hydroxylation is 6. The Morgan fingerprint density at radius 3 is 1.46 bits per heavy atom. The van der Waals surface area contributed by atoms with Gasteiger partial charge in [-0.25, -0.2) is 29.3 Å². The van der Waals surface area contributed by atoms with E-state index in [4.69, 9.17) is 18.9 Å². The number of ketones is 1. The Kier molecular flexibility index (Phi) is 17.9. The molecule has 380 valence electrons. The highest BCUT2D eigenvalue weighted by Crippen LogP contribution is 2.44. The number of urea groups is 2. The van der Waals surface area contributed by atoms with Crippen molar-refractivity contribution in [3.05, 3.63) is 155 Å². The number of anilines is 1. The van der Waals surface area contributed by atoms with Crippen LogP contribution in [0.2, 0.25) is 0 Å². The normalized spacial score (nSPS) is 16.4. The first-order valence-corrected chi connectivity index (χ1v) is 23.5. The van der Waals surface area contributed by atoms with Gasteiger partial charge in [-0.05, 0) is 139 Å². The number of Topliss-reactive ketones (excluding diaryl/α,β-unsaturated/α-hetero) is 1. The zero-order chi connectivity index (χ0) is 53.2. The zero-order valence-corrected chi connectivity index (χ0v) is 42.4. The summed E-state index contributed by atoms with van der Waals surface area (Å²) < 4.78 is 22.7. The molecule has 2 aromatic rings. The smallest absolute Gasteiger partial charge is 0.497 e. The molecule has 3 aliphatic carbocycles. The number of aliphatic hydroxyl groups is 1. The lowest BCUT2D eigenvalue weighted by atomic mass is 9.71. The minimum Gasteiger partial charge on any atom is -0.507 e. The van der Waals surface area contributed by atoms with Crippen LogP contribution in [0, 0.1) is 47.5 Å². The van der Waals surface area contributed by atoms with Gasteiger partial charge in [0.1, 0.15) is 49.1 Å². The van der Waals surface area contributed by atoms with E-state index >= 15 is 0 Å². The highest BCUT2D eigenvalue weighted by atomic mass is 16.6. The molecule has 5 rings (SSSR count). The Bertz CT molecular complexity index is 2670. The lowest BCUT2D eigenvalue weighted by Gasteiger charge is -2.41. The number of allylic oxidation sites excluding steroid dienone is 7. The van der Waals surface area contributed by atoms with E-state index in [1.165, 1.54) is 4.58 Å². The van der Waals surface area contributed by atoms with E-state index in [1.54, 1.807) is 43.1 Å². The summed E-state index contributed by atoms with van der Waals surface area (Å²) in [5.74, 6) is -3.66. The van der Waals surface area contributed by atoms with E-state index in [1.807, 2.05) is 65.8 Å². The number of carbonyl (C=O) groups is 7. The number of benzene rings is 2. The van der Waals surface area contributed by atoms with Gasteiger partial charge in [-0.1, -0.05) is 61.7 Å². The fraction of sp³-hybridized carbons (Fsp3) is 0.357. The Labute approximate surface area is 420 Å². The Morgan fingerprint density at radius 2 is 1.06 bits per heavy atom. The van der Waals surface area contributed by atoms with Crippen LogP contribution in [0.4, 0.5) is 21.0 Å². The number of ether oxygens (including phenoxy) is 4. The maximum absolute atomic E-state index is 14.6. The van der Waals surface area contributed by atoms with Gasteiger partial charge in [-0.15, -0.1) is 0 Å². The first kappa shape index (κ1) is 55.1. The van der Waals surface area contributed by atoms with Crippen molar-refractivity contribution in [3.63, 3.8) is 0 Å². The highest BCUT2D eigenvalue weighted by molar-refractivity contribution is 6.21. The minimum absolute atomic E-state index is 0.117. The summed E-state index contributed by atoms with van der Waals surface area (Å²) in [6.45, 7) is 27.0. The van der Waals surface area contributed by atoms with Crippen molar-refractivity contribution in [1.82, 2.24) is 10.6 Å². The van der Waals surface area contributed by atoms with Crippen LogP contribution in [-0.2, 0) is 42.9 Å². The second-order valence-electron chi connectivity index (χ2n) is 18.9. The molecule has 16 nitrogen and oxygen atoms in total. The number of esters is 4. The molecule has 1 saturated carbocycles. The minimum atomic E-state index is -1.41. The third-order valence-corrected chi connectivity index (χ3v) is 12.6. The quantitative estimate of drug-likeness (QED) is 0.0558. The predicted molar refractivity (Wildman–Crippen MR) is 273 cm³/mol. The fourth-order valence-corrected chi connectivity index (χ4v) is 9.36. The Hall–Kier alpha value is -7.88. The van der Waals surface area contributed by atoms with Crippen molar-refractivity contribution in [2.75, 3.05) is 31.3 Å². The van der Waals surface area contributed by atoms with E-state index < -0.39 is 47.0 Å². The molecule has 0 unspecified atom stereocenters. The van der Waals surface area contributed by atoms with Crippen molar-refractivity contribution >= 4 is 58.8 Å². The Balaban J connectivity index is 1.44. The van der Waals surface area contributed by atoms with Crippen LogP contribution in [0.1, 0.15) is 72.9 Å². The summed E-state index contributed by atoms with van der Waals surface area (Å²) in [5, 5.41) is 17.5. The molecule has 0 aliphatic heterocycles. The monoisotopic (exact) mass is 985 g/mol. The van der Waals surface area contributed by atoms with Gasteiger partial charge in [0.25, 0.3) is 0 Å². The number of rotatable bonds is 18. The van der Waals surface area contributed by atoms with Crippen molar-refractivity contribution in [2.45, 2.75) is 98.2 Å². The molecular formula is C56H65N4O12+. The molecule has 0 radical (unpaired) electrons. The van der Waals surface area contributed by atoms with Gasteiger partial charge in [-0.2, -0.15) is 9.37 Å². The topological polar surface area (TPSA) is 207 Å². The number of aliphatic hydroxyl groups excluding tert-OH is 1. The van der Waals surface area contributed by atoms with Crippen LogP contribution >= 0.6 is 0 Å². The molecule has 0 atom stereocenters. The number of amides is 4. The van der Waals surface area contributed by atoms with Gasteiger partial charge in [-0.3, -0.25) is 9.69 Å². The van der Waals surface area contributed by atoms with Crippen LogP contribution in [0.15, 0.2) is 122 Å². The SMILES string of the molecule is C=CC(=O)OCC(C)(COC(=O)C=C)NC(=O)N(c1c(C)cc(C)cc1C)C1CCC(C2=C(O)C(=C3C=CC(=[N+](C(=O)NC(C)(COC(=O)C=C)COC(=O)C=C)c4c(C)cc(C)cc4C)C=C3)C2=O)CC1. The number of hydrogen-bond acceptors (Lipinski definition) is 12. The molecule has 0 saturated heterocycles. The average Bonchev–Trinajstić information content (AvgIpc) is 3.33. The number of carbonyl (C=O) groups excluding carboxylic acids is 7. The van der Waals surface area contributed by atoms with E-state index in [0.29, 0.717) is 53.9 Å². The van der Waals surface area contributed by atoms with Crippen LogP contribution in [0.25, 0.3) is 0 Å². The predicted octanol–water partition coefficient (Wildman–Crippen LogP) is 8.36. The number of nitrogens with zero attached hydrogens (tertiary/aromatic N) is 2. The summed E-state index contributed by atoms with van der Waals surface area (Å²) in [6, 6.07) is 6.32. The van der Waals surface area contributed by atoms with Crippen molar-refractivity contribution in [1.29, 1.82) is 0 Å². The lowest BCUT2D eigenvalue weighted by Crippen LogP contribution is -2.59. The van der Waals surface area contributed by atoms with Crippen LogP contribution in [0.3, 0.4) is 0 Å². The van der Waals surface area contributed by atoms with Gasteiger partial charge < -0.3 is 29.4 Å². The molecule has 3 N–H and O–H groups in total. The largest absolute Gasteiger partial charge is 0.507 e. The lowest BCUT2D eigenvalue weighted by molar-refractivity contribution is -0.335. The average molecular weight is 986 g/mol. The molecule has 4 amide bonds. The summed E-state index contributed by atoms with van der Waals surface area (Å²) in [6.07, 6.45) is 12.4. The molecule has 1 fully saturated rings. The third kappa shape index (κ3) is 12.9. The van der Waals surface area contributed by atoms with Gasteiger partial charge in [0, 0.05) is 35.9 Å². The standard InChI is InChI=1S/C56H64N4O12/c1-13-43(61)69-29-55(11,30-70-44(62)14-2)57-53(67)59(49-35(7)25-33(5)26-36(49)8)41-21-17-39(18-22-41)47-51(65)48(52(47)66)40-19-23-42(24-20-40)60(50-37(9)27-34(6)28-38(50)10)54(68)58-56(12,31-71-45(63)15-3)32-72-46(64)16-4/h13-18,21-22,25-28,40,42H,1-4,19-20,23-24,29-32H2,5-12H3,(H2-,57,58,65,66,67,68)/p+1. The molecule has 0 bridgehead atoms. The molecular weight excluding hydrogens is 921 g/mol. The third-order valence-electron chi connectivity index (χ3n) is 12.6. The second kappa shape index (κ2) is 23.4. The summed E-state index contributed by atoms with van der Waals surface area (Å²) in [7, 11) is 0. The van der Waals surface area contributed by atoms with E-state index in [9.17, 15) is 38.7 Å². The summed E-state index contributed by atoms with van der Waals surface area (Å²) in [4.78, 5) is 93.3. The molecule has 0 aromatic heterocycles. The molecule has 72 heavy (non-hydrogen) atoms. The van der Waals surface area contributed by atoms with Gasteiger partial charge in [0.15, 0.2) is 11.3 Å². The molecule has 0 spiro atoms. The maximum atomic E-state index is 14.6. The van der Waals surface area contributed by atoms with Crippen LogP contribution < -0.4 is 15.5 Å². The van der Waals surface area contributed by atoms with Gasteiger partial charge in [0.05, 0.1) is 11.3 Å². The van der Waals surface area contributed by atoms with Crippen molar-refractivity contribution in [2.24, 2.45) is 5.92 Å². The highest BCUT2D eigenvalue weighted by Gasteiger charge is 2.44. The summed E-state index contributed by atoms with van der Waals surface area (Å²) >= 11 is 0. The van der Waals surface area contributed by atoms with E-state index in [0.717, 1.165) is 57.7 Å². The van der Waals surface area contributed by atoms with Crippen molar-refractivity contribution in [3.8, 4) is 0 Å². The first-order valence-electron chi connectivity index (χ1n) is 23.5. The molecule has 3 aliphatic rings. The van der Waals surface area contributed by atoms with E-state index in [-0.39, 0.29) is 55.5 Å².